The fourth-order valence-corrected chi connectivity index (χ4v) is 3.68. The first kappa shape index (κ1) is 21.4. The van der Waals surface area contributed by atoms with Gasteiger partial charge in [-0.1, -0.05) is 46.9 Å². The topological polar surface area (TPSA) is 41.6 Å². The van der Waals surface area contributed by atoms with E-state index in [1.165, 1.54) is 0 Å². The van der Waals surface area contributed by atoms with Gasteiger partial charge in [0.05, 0.1) is 19.1 Å². The van der Waals surface area contributed by atoms with Gasteiger partial charge in [-0.15, -0.1) is 0 Å². The molecule has 0 unspecified atom stereocenters. The zero-order chi connectivity index (χ0) is 20.1. The van der Waals surface area contributed by atoms with Crippen LogP contribution in [0.5, 0.6) is 0 Å². The highest BCUT2D eigenvalue weighted by molar-refractivity contribution is 6.33. The molecule has 1 amide bonds. The molecule has 2 aromatic carbocycles. The van der Waals surface area contributed by atoms with Crippen molar-refractivity contribution in [3.8, 4) is 0 Å². The quantitative estimate of drug-likeness (QED) is 0.712. The first-order chi connectivity index (χ1) is 13.4. The predicted octanol–water partition coefficient (Wildman–Crippen LogP) is 4.60. The van der Waals surface area contributed by atoms with E-state index in [0.29, 0.717) is 47.7 Å². The second kappa shape index (κ2) is 9.95. The number of rotatable bonds is 6. The molecule has 1 N–H and O–H groups in total. The summed E-state index contributed by atoms with van der Waals surface area (Å²) >= 11 is 18.3. The second-order valence-corrected chi connectivity index (χ2v) is 8.36. The van der Waals surface area contributed by atoms with Crippen LogP contribution in [-0.4, -0.2) is 42.6 Å². The Balaban J connectivity index is 1.51. The average molecular weight is 442 g/mol. The Hall–Kier alpha value is -1.30. The van der Waals surface area contributed by atoms with Crippen LogP contribution in [0, 0.1) is 0 Å². The third-order valence-corrected chi connectivity index (χ3v) is 5.68. The minimum absolute atomic E-state index is 0.0334. The first-order valence-electron chi connectivity index (χ1n) is 9.21. The maximum Gasteiger partial charge on any atom is 0.224 e. The van der Waals surface area contributed by atoms with Crippen molar-refractivity contribution in [3.63, 3.8) is 0 Å². The number of carbonyl (C=O) groups excluding carboxylic acids is 1. The minimum Gasteiger partial charge on any atom is -0.373 e. The Bertz CT molecular complexity index is 814. The maximum atomic E-state index is 12.2. The normalized spacial score (nSPS) is 20.1. The summed E-state index contributed by atoms with van der Waals surface area (Å²) in [6, 6.07) is 13.1. The Morgan fingerprint density at radius 1 is 1.14 bits per heavy atom. The number of hydrogen-bond acceptors (Lipinski definition) is 3. The van der Waals surface area contributed by atoms with Gasteiger partial charge < -0.3 is 10.1 Å². The van der Waals surface area contributed by atoms with Crippen LogP contribution in [0.4, 0.5) is 0 Å². The molecule has 28 heavy (non-hydrogen) atoms. The van der Waals surface area contributed by atoms with Crippen LogP contribution in [0.3, 0.4) is 0 Å². The fraction of sp³-hybridized carbons (Fsp3) is 0.381. The number of amides is 1. The highest BCUT2D eigenvalue weighted by Crippen LogP contribution is 2.24. The van der Waals surface area contributed by atoms with Crippen LogP contribution in [0.15, 0.2) is 42.5 Å². The van der Waals surface area contributed by atoms with Gasteiger partial charge >= 0.3 is 0 Å². The van der Waals surface area contributed by atoms with Gasteiger partial charge in [-0.25, -0.2) is 0 Å². The molecule has 1 aliphatic rings. The number of benzene rings is 2. The molecule has 4 nitrogen and oxygen atoms in total. The summed E-state index contributed by atoms with van der Waals surface area (Å²) in [7, 11) is 0. The summed E-state index contributed by atoms with van der Waals surface area (Å²) in [6.07, 6.45) is 0.255. The molecule has 0 spiro atoms. The highest BCUT2D eigenvalue weighted by Gasteiger charge is 2.27. The number of nitrogens with one attached hydrogen (secondary N) is 1. The average Bonchev–Trinajstić information content (AvgIpc) is 2.67. The summed E-state index contributed by atoms with van der Waals surface area (Å²) < 4.78 is 5.90. The van der Waals surface area contributed by atoms with Crippen molar-refractivity contribution in [2.45, 2.75) is 32.0 Å². The molecule has 2 atom stereocenters. The van der Waals surface area contributed by atoms with E-state index < -0.39 is 0 Å². The number of carbonyl (C=O) groups is 1. The van der Waals surface area contributed by atoms with E-state index in [1.807, 2.05) is 24.3 Å². The number of morpholine rings is 1. The van der Waals surface area contributed by atoms with Crippen LogP contribution >= 0.6 is 34.8 Å². The molecule has 2 aromatic rings. The van der Waals surface area contributed by atoms with Gasteiger partial charge in [0.1, 0.15) is 0 Å². The van der Waals surface area contributed by atoms with Crippen LogP contribution in [-0.2, 0) is 22.5 Å². The van der Waals surface area contributed by atoms with E-state index in [2.05, 4.69) is 17.1 Å². The molecule has 1 heterocycles. The van der Waals surface area contributed by atoms with Crippen molar-refractivity contribution in [1.29, 1.82) is 0 Å². The second-order valence-electron chi connectivity index (χ2n) is 7.08. The fourth-order valence-electron chi connectivity index (χ4n) is 3.18. The van der Waals surface area contributed by atoms with Crippen LogP contribution in [0.1, 0.15) is 18.1 Å². The van der Waals surface area contributed by atoms with E-state index in [-0.39, 0.29) is 18.1 Å². The molecule has 1 fully saturated rings. The monoisotopic (exact) mass is 440 g/mol. The largest absolute Gasteiger partial charge is 0.373 e. The van der Waals surface area contributed by atoms with E-state index >= 15 is 0 Å². The van der Waals surface area contributed by atoms with Gasteiger partial charge in [0.25, 0.3) is 0 Å². The van der Waals surface area contributed by atoms with Gasteiger partial charge in [-0.2, -0.15) is 0 Å². The Labute approximate surface area is 180 Å². The standard InChI is InChI=1S/C21H23Cl3N2O2/c1-14-13-28-19(10-25-21(27)8-15-2-4-17(22)5-3-15)12-26(14)11-16-9-18(23)6-7-20(16)24/h2-7,9,14,19H,8,10-13H2,1H3,(H,25,27)/t14-,19+/m1/s1. The summed E-state index contributed by atoms with van der Waals surface area (Å²) in [4.78, 5) is 14.5. The van der Waals surface area contributed by atoms with E-state index in [4.69, 9.17) is 39.5 Å². The van der Waals surface area contributed by atoms with Gasteiger partial charge in [0.15, 0.2) is 0 Å². The molecule has 1 saturated heterocycles. The highest BCUT2D eigenvalue weighted by atomic mass is 35.5. The molecular weight excluding hydrogens is 419 g/mol. The van der Waals surface area contributed by atoms with E-state index in [9.17, 15) is 4.79 Å². The van der Waals surface area contributed by atoms with Gasteiger partial charge in [-0.3, -0.25) is 9.69 Å². The lowest BCUT2D eigenvalue weighted by molar-refractivity contribution is -0.122. The lowest BCUT2D eigenvalue weighted by Gasteiger charge is -2.38. The summed E-state index contributed by atoms with van der Waals surface area (Å²) in [5, 5.41) is 5.00. The van der Waals surface area contributed by atoms with Gasteiger partial charge in [0.2, 0.25) is 5.91 Å². The Morgan fingerprint density at radius 3 is 2.61 bits per heavy atom. The molecule has 0 saturated carbocycles. The molecule has 0 aromatic heterocycles. The Kier molecular flexibility index (Phi) is 7.61. The maximum absolute atomic E-state index is 12.2. The molecule has 0 radical (unpaired) electrons. The summed E-state index contributed by atoms with van der Waals surface area (Å²) in [5.74, 6) is -0.0334. The minimum atomic E-state index is -0.0664. The van der Waals surface area contributed by atoms with Crippen molar-refractivity contribution in [2.24, 2.45) is 0 Å². The molecule has 0 aliphatic carbocycles. The molecule has 0 bridgehead atoms. The molecular formula is C21H23Cl3N2O2. The Morgan fingerprint density at radius 2 is 1.86 bits per heavy atom. The van der Waals surface area contributed by atoms with Crippen molar-refractivity contribution < 1.29 is 9.53 Å². The van der Waals surface area contributed by atoms with Crippen molar-refractivity contribution in [3.05, 3.63) is 68.7 Å². The number of nitrogens with zero attached hydrogens (tertiary/aromatic N) is 1. The number of halogens is 3. The van der Waals surface area contributed by atoms with Crippen molar-refractivity contribution >= 4 is 40.7 Å². The predicted molar refractivity (Wildman–Crippen MR) is 114 cm³/mol. The van der Waals surface area contributed by atoms with Crippen LogP contribution < -0.4 is 5.32 Å². The molecule has 3 rings (SSSR count). The van der Waals surface area contributed by atoms with Gasteiger partial charge in [0, 0.05) is 40.7 Å². The zero-order valence-electron chi connectivity index (χ0n) is 15.6. The molecule has 7 heteroatoms. The van der Waals surface area contributed by atoms with Crippen molar-refractivity contribution in [1.82, 2.24) is 10.2 Å². The first-order valence-corrected chi connectivity index (χ1v) is 10.3. The zero-order valence-corrected chi connectivity index (χ0v) is 17.9. The third-order valence-electron chi connectivity index (χ3n) is 4.82. The smallest absolute Gasteiger partial charge is 0.224 e. The van der Waals surface area contributed by atoms with E-state index in [0.717, 1.165) is 11.1 Å². The number of ether oxygens (including phenoxy) is 1. The SMILES string of the molecule is C[C@@H]1CO[C@@H](CNC(=O)Cc2ccc(Cl)cc2)CN1Cc1cc(Cl)ccc1Cl. The van der Waals surface area contributed by atoms with Crippen molar-refractivity contribution in [2.75, 3.05) is 19.7 Å². The van der Waals surface area contributed by atoms with Crippen LogP contribution in [0.2, 0.25) is 15.1 Å². The third kappa shape index (κ3) is 6.10. The molecule has 150 valence electrons. The lowest BCUT2D eigenvalue weighted by atomic mass is 10.1. The van der Waals surface area contributed by atoms with E-state index in [1.54, 1.807) is 18.2 Å². The summed E-state index contributed by atoms with van der Waals surface area (Å²) in [5.41, 5.74) is 1.92. The van der Waals surface area contributed by atoms with Crippen LogP contribution in [0.25, 0.3) is 0 Å². The van der Waals surface area contributed by atoms with Gasteiger partial charge in [-0.05, 0) is 48.4 Å². The molecule has 1 aliphatic heterocycles. The lowest BCUT2D eigenvalue weighted by Crippen LogP contribution is -2.51. The summed E-state index contributed by atoms with van der Waals surface area (Å²) in [6.45, 7) is 4.60. The number of hydrogen-bond donors (Lipinski definition) is 1.